The van der Waals surface area contributed by atoms with Crippen LogP contribution >= 0.6 is 23.2 Å². The van der Waals surface area contributed by atoms with Crippen LogP contribution in [0.15, 0.2) is 18.7 Å². The summed E-state index contributed by atoms with van der Waals surface area (Å²) in [6.07, 6.45) is 0. The summed E-state index contributed by atoms with van der Waals surface area (Å²) in [5, 5.41) is 9.30. The number of methoxy groups -OCH3 is 1. The van der Waals surface area contributed by atoms with Crippen molar-refractivity contribution in [3.8, 4) is 5.75 Å². The van der Waals surface area contributed by atoms with Crippen LogP contribution < -0.4 is 0 Å². The third-order valence-electron chi connectivity index (χ3n) is 1.82. The van der Waals surface area contributed by atoms with Crippen molar-refractivity contribution in [2.45, 2.75) is 0 Å². The van der Waals surface area contributed by atoms with Gasteiger partial charge in [-0.1, -0.05) is 29.8 Å². The third kappa shape index (κ3) is 2.25. The molecule has 1 aromatic carbocycles. The van der Waals surface area contributed by atoms with E-state index in [4.69, 9.17) is 23.2 Å². The zero-order chi connectivity index (χ0) is 11.6. The summed E-state index contributed by atoms with van der Waals surface area (Å²) in [6, 6.07) is 2.78. The van der Waals surface area contributed by atoms with Gasteiger partial charge in [0.15, 0.2) is 0 Å². The highest BCUT2D eigenvalue weighted by Crippen LogP contribution is 2.36. The number of phenols is 1. The molecule has 5 heteroatoms. The van der Waals surface area contributed by atoms with Gasteiger partial charge in [0.25, 0.3) is 0 Å². The Bertz CT molecular complexity index is 427. The molecule has 0 aromatic heterocycles. The number of ether oxygens (including phenoxy) is 1. The Labute approximate surface area is 96.9 Å². The molecule has 1 N–H and O–H groups in total. The Morgan fingerprint density at radius 2 is 2.00 bits per heavy atom. The number of esters is 1. The van der Waals surface area contributed by atoms with Crippen LogP contribution in [0.1, 0.15) is 5.56 Å². The average molecular weight is 247 g/mol. The second kappa shape index (κ2) is 4.55. The Hall–Kier alpha value is -1.19. The minimum atomic E-state index is -0.598. The molecule has 0 fully saturated rings. The molecule has 15 heavy (non-hydrogen) atoms. The summed E-state index contributed by atoms with van der Waals surface area (Å²) in [6.45, 7) is 3.53. The molecule has 0 spiro atoms. The number of carbonyl (C=O) groups excluding carboxylic acids is 1. The van der Waals surface area contributed by atoms with Gasteiger partial charge in [0, 0.05) is 5.56 Å². The van der Waals surface area contributed by atoms with Gasteiger partial charge in [0.1, 0.15) is 10.8 Å². The number of aromatic hydroxyl groups is 1. The first kappa shape index (κ1) is 11.9. The maximum atomic E-state index is 11.2. The number of phenolic OH excluding ortho intramolecular Hbond substituents is 1. The quantitative estimate of drug-likeness (QED) is 0.645. The highest BCUT2D eigenvalue weighted by Gasteiger charge is 2.16. The van der Waals surface area contributed by atoms with Crippen molar-refractivity contribution in [1.82, 2.24) is 0 Å². The Morgan fingerprint density at radius 1 is 1.40 bits per heavy atom. The second-order valence-corrected chi connectivity index (χ2v) is 3.49. The van der Waals surface area contributed by atoms with Gasteiger partial charge in [-0.3, -0.25) is 0 Å². The van der Waals surface area contributed by atoms with E-state index in [0.717, 1.165) is 0 Å². The zero-order valence-corrected chi connectivity index (χ0v) is 9.39. The molecule has 0 aliphatic carbocycles. The van der Waals surface area contributed by atoms with E-state index in [-0.39, 0.29) is 21.4 Å². The molecule has 80 valence electrons. The monoisotopic (exact) mass is 246 g/mol. The summed E-state index contributed by atoms with van der Waals surface area (Å²) < 4.78 is 4.49. The van der Waals surface area contributed by atoms with Gasteiger partial charge in [-0.05, 0) is 12.1 Å². The number of benzene rings is 1. The van der Waals surface area contributed by atoms with Crippen LogP contribution in [0.2, 0.25) is 10.0 Å². The molecule has 0 bridgehead atoms. The standard InChI is InChI=1S/C10H8Cl2O3/c1-5(10(14)15-2)6-3-4-7(13)9(12)8(6)11/h3-4,13H,1H2,2H3. The zero-order valence-electron chi connectivity index (χ0n) is 7.88. The van der Waals surface area contributed by atoms with Crippen LogP contribution in [0.5, 0.6) is 5.75 Å². The van der Waals surface area contributed by atoms with Crippen LogP contribution in [-0.2, 0) is 9.53 Å². The van der Waals surface area contributed by atoms with Crippen molar-refractivity contribution in [1.29, 1.82) is 0 Å². The molecule has 0 radical (unpaired) electrons. The lowest BCUT2D eigenvalue weighted by molar-refractivity contribution is -0.133. The molecule has 0 saturated heterocycles. The number of carbonyl (C=O) groups is 1. The fraction of sp³-hybridized carbons (Fsp3) is 0.100. The highest BCUT2D eigenvalue weighted by molar-refractivity contribution is 6.44. The Morgan fingerprint density at radius 3 is 2.53 bits per heavy atom. The molecule has 0 unspecified atom stereocenters. The number of hydrogen-bond donors (Lipinski definition) is 1. The molecule has 1 aromatic rings. The first-order valence-electron chi connectivity index (χ1n) is 3.93. The van der Waals surface area contributed by atoms with Crippen LogP contribution in [0.3, 0.4) is 0 Å². The van der Waals surface area contributed by atoms with Gasteiger partial charge in [-0.15, -0.1) is 0 Å². The van der Waals surface area contributed by atoms with Gasteiger partial charge >= 0.3 is 5.97 Å². The van der Waals surface area contributed by atoms with Crippen molar-refractivity contribution >= 4 is 34.7 Å². The predicted octanol–water partition coefficient (Wildman–Crippen LogP) is 2.89. The Balaban J connectivity index is 3.22. The van der Waals surface area contributed by atoms with Gasteiger partial charge in [-0.2, -0.15) is 0 Å². The van der Waals surface area contributed by atoms with Crippen molar-refractivity contribution in [3.05, 3.63) is 34.3 Å². The van der Waals surface area contributed by atoms with Crippen LogP contribution in [0.25, 0.3) is 5.57 Å². The predicted molar refractivity (Wildman–Crippen MR) is 59.2 cm³/mol. The SMILES string of the molecule is C=C(C(=O)OC)c1ccc(O)c(Cl)c1Cl. The highest BCUT2D eigenvalue weighted by atomic mass is 35.5. The van der Waals surface area contributed by atoms with Crippen LogP contribution in [0, 0.1) is 0 Å². The van der Waals surface area contributed by atoms with E-state index in [9.17, 15) is 9.90 Å². The molecule has 0 aliphatic rings. The normalized spacial score (nSPS) is 9.80. The van der Waals surface area contributed by atoms with Crippen LogP contribution in [0.4, 0.5) is 0 Å². The molecule has 0 atom stereocenters. The van der Waals surface area contributed by atoms with E-state index in [0.29, 0.717) is 5.56 Å². The summed E-state index contributed by atoms with van der Waals surface area (Å²) in [4.78, 5) is 11.2. The lowest BCUT2D eigenvalue weighted by Crippen LogP contribution is -2.03. The largest absolute Gasteiger partial charge is 0.506 e. The lowest BCUT2D eigenvalue weighted by atomic mass is 10.1. The maximum Gasteiger partial charge on any atom is 0.337 e. The molecule has 1 rings (SSSR count). The first-order chi connectivity index (χ1) is 6.99. The number of halogens is 2. The van der Waals surface area contributed by atoms with Crippen molar-refractivity contribution in [2.24, 2.45) is 0 Å². The van der Waals surface area contributed by atoms with Gasteiger partial charge in [0.05, 0.1) is 17.7 Å². The summed E-state index contributed by atoms with van der Waals surface area (Å²) in [7, 11) is 1.24. The van der Waals surface area contributed by atoms with Crippen molar-refractivity contribution in [3.63, 3.8) is 0 Å². The molecule has 0 saturated carbocycles. The first-order valence-corrected chi connectivity index (χ1v) is 4.69. The topological polar surface area (TPSA) is 46.5 Å². The Kier molecular flexibility index (Phi) is 3.61. The molecule has 0 heterocycles. The van der Waals surface area contributed by atoms with E-state index in [1.165, 1.54) is 19.2 Å². The molecule has 0 aliphatic heterocycles. The second-order valence-electron chi connectivity index (χ2n) is 2.73. The van der Waals surface area contributed by atoms with Gasteiger partial charge < -0.3 is 9.84 Å². The summed E-state index contributed by atoms with van der Waals surface area (Å²) in [5.74, 6) is -0.748. The minimum Gasteiger partial charge on any atom is -0.506 e. The minimum absolute atomic E-state index is 0.0146. The van der Waals surface area contributed by atoms with E-state index in [1.807, 2.05) is 0 Å². The lowest BCUT2D eigenvalue weighted by Gasteiger charge is -2.08. The van der Waals surface area contributed by atoms with E-state index in [2.05, 4.69) is 11.3 Å². The number of rotatable bonds is 2. The molecular weight excluding hydrogens is 239 g/mol. The average Bonchev–Trinajstić information content (AvgIpc) is 2.24. The fourth-order valence-corrected chi connectivity index (χ4v) is 1.44. The third-order valence-corrected chi connectivity index (χ3v) is 2.69. The van der Waals surface area contributed by atoms with Gasteiger partial charge in [0.2, 0.25) is 0 Å². The van der Waals surface area contributed by atoms with Crippen molar-refractivity contribution < 1.29 is 14.6 Å². The summed E-state index contributed by atoms with van der Waals surface area (Å²) in [5.41, 5.74) is 0.427. The molecular formula is C10H8Cl2O3. The van der Waals surface area contributed by atoms with Gasteiger partial charge in [-0.25, -0.2) is 4.79 Å². The number of hydrogen-bond acceptors (Lipinski definition) is 3. The molecule has 3 nitrogen and oxygen atoms in total. The van der Waals surface area contributed by atoms with Crippen LogP contribution in [-0.4, -0.2) is 18.2 Å². The van der Waals surface area contributed by atoms with E-state index in [1.54, 1.807) is 0 Å². The fourth-order valence-electron chi connectivity index (χ4n) is 1.01. The smallest absolute Gasteiger partial charge is 0.337 e. The molecule has 0 amide bonds. The maximum absolute atomic E-state index is 11.2. The van der Waals surface area contributed by atoms with E-state index >= 15 is 0 Å². The summed E-state index contributed by atoms with van der Waals surface area (Å²) >= 11 is 11.5. The van der Waals surface area contributed by atoms with E-state index < -0.39 is 5.97 Å². The van der Waals surface area contributed by atoms with Crippen molar-refractivity contribution in [2.75, 3.05) is 7.11 Å².